The zero-order valence-electron chi connectivity index (χ0n) is 10.7. The molecule has 0 aromatic heterocycles. The molecule has 1 aliphatic rings. The van der Waals surface area contributed by atoms with Gasteiger partial charge in [0.25, 0.3) is 0 Å². The van der Waals surface area contributed by atoms with E-state index in [0.717, 1.165) is 25.9 Å². The molecule has 0 N–H and O–H groups in total. The van der Waals surface area contributed by atoms with E-state index in [0.29, 0.717) is 24.8 Å². The second-order valence-electron chi connectivity index (χ2n) is 4.91. The fourth-order valence-corrected chi connectivity index (χ4v) is 3.69. The number of unbranched alkanes of at least 4 members (excludes halogenated alkanes) is 1. The van der Waals surface area contributed by atoms with Crippen LogP contribution in [0.15, 0.2) is 0 Å². The van der Waals surface area contributed by atoms with Crippen molar-refractivity contribution < 1.29 is 8.42 Å². The van der Waals surface area contributed by atoms with Gasteiger partial charge in [-0.25, -0.2) is 12.7 Å². The minimum Gasteiger partial charge on any atom is -0.306 e. The maximum absolute atomic E-state index is 11.9. The maximum Gasteiger partial charge on any atom is 0.213 e. The first-order valence-electron chi connectivity index (χ1n) is 6.14. The van der Waals surface area contributed by atoms with Crippen molar-refractivity contribution in [2.24, 2.45) is 5.92 Å². The molecule has 0 saturated carbocycles. The van der Waals surface area contributed by atoms with Crippen LogP contribution in [0.1, 0.15) is 19.3 Å². The van der Waals surface area contributed by atoms with Gasteiger partial charge in [0.1, 0.15) is 0 Å². The molecule has 0 aliphatic carbocycles. The smallest absolute Gasteiger partial charge is 0.213 e. The number of hydrogen-bond donors (Lipinski definition) is 0. The van der Waals surface area contributed by atoms with Gasteiger partial charge in [0.2, 0.25) is 10.0 Å². The summed E-state index contributed by atoms with van der Waals surface area (Å²) < 4.78 is 25.4. The Morgan fingerprint density at radius 3 is 2.65 bits per heavy atom. The third kappa shape index (κ3) is 5.12. The molecule has 0 radical (unpaired) electrons. The van der Waals surface area contributed by atoms with E-state index >= 15 is 0 Å². The second kappa shape index (κ2) is 6.92. The second-order valence-corrected chi connectivity index (χ2v) is 7.48. The SMILES string of the molecule is CN1CCC(CN(C)S(=O)(=O)CCCCCl)C1. The van der Waals surface area contributed by atoms with Crippen LogP contribution in [0.3, 0.4) is 0 Å². The number of likely N-dealkylation sites (tertiary alicyclic amines) is 1. The van der Waals surface area contributed by atoms with E-state index in [1.165, 1.54) is 4.31 Å². The van der Waals surface area contributed by atoms with Crippen LogP contribution in [0.2, 0.25) is 0 Å². The van der Waals surface area contributed by atoms with Gasteiger partial charge in [-0.15, -0.1) is 11.6 Å². The Bertz CT molecular complexity index is 321. The molecule has 0 aromatic rings. The molecule has 1 saturated heterocycles. The lowest BCUT2D eigenvalue weighted by molar-refractivity contribution is 0.356. The molecule has 1 rings (SSSR count). The normalized spacial score (nSPS) is 22.5. The van der Waals surface area contributed by atoms with Crippen molar-refractivity contribution in [1.29, 1.82) is 0 Å². The lowest BCUT2D eigenvalue weighted by atomic mass is 10.1. The predicted octanol–water partition coefficient (Wildman–Crippen LogP) is 1.22. The Morgan fingerprint density at radius 2 is 2.12 bits per heavy atom. The Kier molecular flexibility index (Phi) is 6.20. The van der Waals surface area contributed by atoms with Gasteiger partial charge in [-0.05, 0) is 38.8 Å². The van der Waals surface area contributed by atoms with Crippen LogP contribution in [0.4, 0.5) is 0 Å². The Morgan fingerprint density at radius 1 is 1.41 bits per heavy atom. The minimum atomic E-state index is -3.08. The third-order valence-electron chi connectivity index (χ3n) is 3.27. The topological polar surface area (TPSA) is 40.6 Å². The Balaban J connectivity index is 2.37. The minimum absolute atomic E-state index is 0.221. The van der Waals surface area contributed by atoms with E-state index in [9.17, 15) is 8.42 Å². The van der Waals surface area contributed by atoms with Gasteiger partial charge < -0.3 is 4.90 Å². The van der Waals surface area contributed by atoms with Gasteiger partial charge in [0.05, 0.1) is 5.75 Å². The Hall–Kier alpha value is 0.160. The van der Waals surface area contributed by atoms with Crippen molar-refractivity contribution in [2.45, 2.75) is 19.3 Å². The number of rotatable bonds is 7. The average molecular weight is 283 g/mol. The molecule has 0 spiro atoms. The highest BCUT2D eigenvalue weighted by Gasteiger charge is 2.25. The molecule has 1 atom stereocenters. The highest BCUT2D eigenvalue weighted by Crippen LogP contribution is 2.17. The van der Waals surface area contributed by atoms with Gasteiger partial charge in [0.15, 0.2) is 0 Å². The summed E-state index contributed by atoms with van der Waals surface area (Å²) in [5.41, 5.74) is 0. The van der Waals surface area contributed by atoms with E-state index in [4.69, 9.17) is 11.6 Å². The first-order chi connectivity index (χ1) is 7.95. The van der Waals surface area contributed by atoms with Gasteiger partial charge >= 0.3 is 0 Å². The summed E-state index contributed by atoms with van der Waals surface area (Å²) in [5, 5.41) is 0. The molecular weight excluding hydrogens is 260 g/mol. The number of nitrogens with zero attached hydrogens (tertiary/aromatic N) is 2. The van der Waals surface area contributed by atoms with Crippen molar-refractivity contribution in [3.8, 4) is 0 Å². The quantitative estimate of drug-likeness (QED) is 0.521. The fraction of sp³-hybridized carbons (Fsp3) is 1.00. The first-order valence-corrected chi connectivity index (χ1v) is 8.28. The zero-order valence-corrected chi connectivity index (χ0v) is 12.3. The third-order valence-corrected chi connectivity index (χ3v) is 5.44. The molecule has 1 fully saturated rings. The van der Waals surface area contributed by atoms with Gasteiger partial charge in [-0.1, -0.05) is 0 Å². The molecule has 0 aromatic carbocycles. The summed E-state index contributed by atoms with van der Waals surface area (Å²) in [7, 11) is 0.686. The molecule has 4 nitrogen and oxygen atoms in total. The number of alkyl halides is 1. The number of halogens is 1. The highest BCUT2D eigenvalue weighted by atomic mass is 35.5. The standard InChI is InChI=1S/C11H23ClN2O2S/c1-13-7-5-11(9-13)10-14(2)17(15,16)8-4-3-6-12/h11H,3-10H2,1-2H3. The molecular formula is C11H23ClN2O2S. The summed E-state index contributed by atoms with van der Waals surface area (Å²) >= 11 is 5.55. The van der Waals surface area contributed by atoms with Crippen LogP contribution in [-0.2, 0) is 10.0 Å². The van der Waals surface area contributed by atoms with E-state index in [2.05, 4.69) is 11.9 Å². The van der Waals surface area contributed by atoms with E-state index < -0.39 is 10.0 Å². The monoisotopic (exact) mass is 282 g/mol. The number of hydrogen-bond acceptors (Lipinski definition) is 3. The van der Waals surface area contributed by atoms with Crippen LogP contribution in [0.5, 0.6) is 0 Å². The van der Waals surface area contributed by atoms with Crippen LogP contribution in [0, 0.1) is 5.92 Å². The van der Waals surface area contributed by atoms with Crippen LogP contribution < -0.4 is 0 Å². The maximum atomic E-state index is 11.9. The highest BCUT2D eigenvalue weighted by molar-refractivity contribution is 7.89. The van der Waals surface area contributed by atoms with Gasteiger partial charge in [-0.3, -0.25) is 0 Å². The summed E-state index contributed by atoms with van der Waals surface area (Å²) in [6.07, 6.45) is 2.51. The fourth-order valence-electron chi connectivity index (χ4n) is 2.19. The van der Waals surface area contributed by atoms with E-state index in [1.807, 2.05) is 0 Å². The lowest BCUT2D eigenvalue weighted by Gasteiger charge is -2.20. The van der Waals surface area contributed by atoms with E-state index in [1.54, 1.807) is 7.05 Å². The van der Waals surface area contributed by atoms with E-state index in [-0.39, 0.29) is 5.75 Å². The van der Waals surface area contributed by atoms with Crippen LogP contribution in [-0.4, -0.2) is 63.0 Å². The van der Waals surface area contributed by atoms with Crippen molar-refractivity contribution in [3.63, 3.8) is 0 Å². The lowest BCUT2D eigenvalue weighted by Crippen LogP contribution is -2.34. The zero-order chi connectivity index (χ0) is 12.9. The largest absolute Gasteiger partial charge is 0.306 e. The van der Waals surface area contributed by atoms with Crippen molar-refractivity contribution in [2.75, 3.05) is 45.4 Å². The van der Waals surface area contributed by atoms with Crippen molar-refractivity contribution in [3.05, 3.63) is 0 Å². The average Bonchev–Trinajstić information content (AvgIpc) is 2.64. The molecule has 1 unspecified atom stereocenters. The molecule has 6 heteroatoms. The summed E-state index contributed by atoms with van der Waals surface area (Å²) in [6.45, 7) is 2.72. The van der Waals surface area contributed by atoms with Gasteiger partial charge in [0, 0.05) is 26.0 Å². The van der Waals surface area contributed by atoms with Crippen molar-refractivity contribution >= 4 is 21.6 Å². The predicted molar refractivity (Wildman–Crippen MR) is 72.0 cm³/mol. The molecule has 102 valence electrons. The summed E-state index contributed by atoms with van der Waals surface area (Å²) in [5.74, 6) is 1.23. The summed E-state index contributed by atoms with van der Waals surface area (Å²) in [6, 6.07) is 0. The van der Waals surface area contributed by atoms with Crippen LogP contribution in [0.25, 0.3) is 0 Å². The summed E-state index contributed by atoms with van der Waals surface area (Å²) in [4.78, 5) is 2.25. The molecule has 17 heavy (non-hydrogen) atoms. The first kappa shape index (κ1) is 15.2. The molecule has 1 aliphatic heterocycles. The Labute approximate surface area is 110 Å². The molecule has 0 bridgehead atoms. The molecule has 0 amide bonds. The van der Waals surface area contributed by atoms with Gasteiger partial charge in [-0.2, -0.15) is 0 Å². The number of sulfonamides is 1. The molecule has 1 heterocycles. The van der Waals surface area contributed by atoms with Crippen LogP contribution >= 0.6 is 11.6 Å². The van der Waals surface area contributed by atoms with Crippen molar-refractivity contribution in [1.82, 2.24) is 9.21 Å².